The molecule has 0 saturated carbocycles. The molecule has 0 unspecified atom stereocenters. The summed E-state index contributed by atoms with van der Waals surface area (Å²) in [5.41, 5.74) is 4.19. The molecule has 1 aliphatic rings. The largest absolute Gasteiger partial charge is 0.368 e. The van der Waals surface area contributed by atoms with Crippen molar-refractivity contribution >= 4 is 18.4 Å². The van der Waals surface area contributed by atoms with Crippen LogP contribution in [0.15, 0.2) is 21.1 Å². The zero-order valence-electron chi connectivity index (χ0n) is 8.16. The van der Waals surface area contributed by atoms with E-state index in [1.165, 1.54) is 10.9 Å². The van der Waals surface area contributed by atoms with Crippen LogP contribution in [-0.4, -0.2) is 32.6 Å². The van der Waals surface area contributed by atoms with Crippen LogP contribution in [0, 0.1) is 0 Å². The van der Waals surface area contributed by atoms with Crippen molar-refractivity contribution in [2.45, 2.75) is 19.1 Å². The molecular weight excluding hydrogens is 196 g/mol. The highest BCUT2D eigenvalue weighted by Gasteiger charge is 2.24. The van der Waals surface area contributed by atoms with Gasteiger partial charge in [0.15, 0.2) is 5.66 Å². The maximum atomic E-state index is 11.4. The molecular formula is C8H10N6O. The van der Waals surface area contributed by atoms with E-state index in [0.717, 1.165) is 0 Å². The molecule has 78 valence electrons. The van der Waals surface area contributed by atoms with Crippen molar-refractivity contribution in [1.29, 1.82) is 0 Å². The third-order valence-electron chi connectivity index (χ3n) is 2.03. The van der Waals surface area contributed by atoms with Crippen molar-refractivity contribution in [2.24, 2.45) is 9.98 Å². The number of anilines is 1. The number of nitrogens with two attached hydrogens (primary N) is 1. The van der Waals surface area contributed by atoms with Crippen LogP contribution in [0.3, 0.4) is 0 Å². The van der Waals surface area contributed by atoms with Gasteiger partial charge >= 0.3 is 5.69 Å². The SMILES string of the molecule is CC1(Cn2cnc(N)nc2=O)N=CC=N1. The molecule has 0 fully saturated rings. The Morgan fingerprint density at radius 1 is 1.47 bits per heavy atom. The zero-order valence-corrected chi connectivity index (χ0v) is 8.16. The Labute approximate surface area is 85.4 Å². The van der Waals surface area contributed by atoms with Gasteiger partial charge in [-0.2, -0.15) is 4.98 Å². The summed E-state index contributed by atoms with van der Waals surface area (Å²) in [4.78, 5) is 26.9. The van der Waals surface area contributed by atoms with Gasteiger partial charge in [-0.25, -0.2) is 9.78 Å². The van der Waals surface area contributed by atoms with Crippen LogP contribution < -0.4 is 11.4 Å². The molecule has 0 aromatic carbocycles. The molecule has 0 atom stereocenters. The first-order valence-corrected chi connectivity index (χ1v) is 4.37. The summed E-state index contributed by atoms with van der Waals surface area (Å²) in [5, 5.41) is 0. The van der Waals surface area contributed by atoms with Crippen LogP contribution >= 0.6 is 0 Å². The Hall–Kier alpha value is -2.05. The molecule has 0 amide bonds. The van der Waals surface area contributed by atoms with E-state index in [4.69, 9.17) is 5.73 Å². The van der Waals surface area contributed by atoms with Gasteiger partial charge in [0, 0.05) is 12.4 Å². The summed E-state index contributed by atoms with van der Waals surface area (Å²) in [5.74, 6) is -0.0279. The Morgan fingerprint density at radius 2 is 2.13 bits per heavy atom. The van der Waals surface area contributed by atoms with Gasteiger partial charge in [0.1, 0.15) is 6.33 Å². The molecule has 1 aliphatic heterocycles. The van der Waals surface area contributed by atoms with Crippen LogP contribution in [0.4, 0.5) is 5.95 Å². The fourth-order valence-corrected chi connectivity index (χ4v) is 1.30. The van der Waals surface area contributed by atoms with Gasteiger partial charge in [-0.3, -0.25) is 14.6 Å². The van der Waals surface area contributed by atoms with Gasteiger partial charge < -0.3 is 5.73 Å². The van der Waals surface area contributed by atoms with Crippen LogP contribution in [0.5, 0.6) is 0 Å². The molecule has 0 spiro atoms. The average molecular weight is 206 g/mol. The molecule has 0 bridgehead atoms. The smallest absolute Gasteiger partial charge is 0.352 e. The van der Waals surface area contributed by atoms with Crippen molar-refractivity contribution in [3.05, 3.63) is 16.8 Å². The van der Waals surface area contributed by atoms with E-state index < -0.39 is 11.4 Å². The molecule has 1 aromatic rings. The number of hydrogen-bond acceptors (Lipinski definition) is 6. The maximum Gasteiger partial charge on any atom is 0.352 e. The fourth-order valence-electron chi connectivity index (χ4n) is 1.30. The van der Waals surface area contributed by atoms with E-state index in [-0.39, 0.29) is 5.95 Å². The zero-order chi connectivity index (χ0) is 10.9. The highest BCUT2D eigenvalue weighted by atomic mass is 16.1. The predicted octanol–water partition coefficient (Wildman–Crippen LogP) is -0.908. The van der Waals surface area contributed by atoms with Crippen molar-refractivity contribution in [3.63, 3.8) is 0 Å². The van der Waals surface area contributed by atoms with E-state index in [1.807, 2.05) is 6.92 Å². The highest BCUT2D eigenvalue weighted by Crippen LogP contribution is 2.15. The van der Waals surface area contributed by atoms with Gasteiger partial charge in [-0.15, -0.1) is 0 Å². The monoisotopic (exact) mass is 206 g/mol. The molecule has 1 aromatic heterocycles. The summed E-state index contributed by atoms with van der Waals surface area (Å²) in [6.45, 7) is 2.12. The predicted molar refractivity (Wildman–Crippen MR) is 56.1 cm³/mol. The highest BCUT2D eigenvalue weighted by molar-refractivity contribution is 6.17. The molecule has 0 radical (unpaired) electrons. The third-order valence-corrected chi connectivity index (χ3v) is 2.03. The number of nitrogens with zero attached hydrogens (tertiary/aromatic N) is 5. The molecule has 7 nitrogen and oxygen atoms in total. The molecule has 2 rings (SSSR count). The van der Waals surface area contributed by atoms with Crippen molar-refractivity contribution in [3.8, 4) is 0 Å². The van der Waals surface area contributed by atoms with E-state index >= 15 is 0 Å². The Balaban J connectivity index is 2.29. The topological polar surface area (TPSA) is 98.5 Å². The van der Waals surface area contributed by atoms with Crippen LogP contribution in [-0.2, 0) is 6.54 Å². The summed E-state index contributed by atoms with van der Waals surface area (Å²) >= 11 is 0. The summed E-state index contributed by atoms with van der Waals surface area (Å²) in [7, 11) is 0. The Morgan fingerprint density at radius 3 is 2.73 bits per heavy atom. The Kier molecular flexibility index (Phi) is 2.07. The lowest BCUT2D eigenvalue weighted by molar-refractivity contribution is 0.412. The van der Waals surface area contributed by atoms with Gasteiger partial charge in [0.05, 0.1) is 6.54 Å². The number of hydrogen-bond donors (Lipinski definition) is 1. The molecule has 0 aliphatic carbocycles. The van der Waals surface area contributed by atoms with E-state index in [1.54, 1.807) is 12.4 Å². The lowest BCUT2D eigenvalue weighted by Crippen LogP contribution is -2.33. The van der Waals surface area contributed by atoms with Gasteiger partial charge in [-0.05, 0) is 6.92 Å². The number of aromatic nitrogens is 3. The van der Waals surface area contributed by atoms with Crippen molar-refractivity contribution in [2.75, 3.05) is 5.73 Å². The lowest BCUT2D eigenvalue weighted by atomic mass is 10.2. The lowest BCUT2D eigenvalue weighted by Gasteiger charge is -2.17. The van der Waals surface area contributed by atoms with Crippen molar-refractivity contribution in [1.82, 2.24) is 14.5 Å². The standard InChI is InChI=1S/C8H10N6O/c1-8(11-2-3-12-8)4-14-5-10-6(9)13-7(14)15/h2-3,5H,4H2,1H3,(H2,9,13,15). The fraction of sp³-hybridized carbons (Fsp3) is 0.375. The average Bonchev–Trinajstić information content (AvgIpc) is 2.58. The first-order valence-electron chi connectivity index (χ1n) is 4.37. The molecule has 2 heterocycles. The minimum Gasteiger partial charge on any atom is -0.368 e. The molecule has 15 heavy (non-hydrogen) atoms. The number of aliphatic imine (C=N–C) groups is 2. The van der Waals surface area contributed by atoms with Crippen molar-refractivity contribution < 1.29 is 0 Å². The maximum absolute atomic E-state index is 11.4. The van der Waals surface area contributed by atoms with Crippen LogP contribution in [0.1, 0.15) is 6.92 Å². The number of nitrogen functional groups attached to an aromatic ring is 1. The first kappa shape index (κ1) is 9.50. The number of rotatable bonds is 2. The summed E-state index contributed by atoms with van der Waals surface area (Å²) < 4.78 is 1.33. The molecule has 0 saturated heterocycles. The second-order valence-electron chi connectivity index (χ2n) is 3.40. The molecule has 2 N–H and O–H groups in total. The minimum atomic E-state index is -0.636. The summed E-state index contributed by atoms with van der Waals surface area (Å²) in [6, 6.07) is 0. The third kappa shape index (κ3) is 1.90. The second kappa shape index (κ2) is 3.26. The van der Waals surface area contributed by atoms with Gasteiger partial charge in [0.25, 0.3) is 0 Å². The van der Waals surface area contributed by atoms with Crippen LogP contribution in [0.2, 0.25) is 0 Å². The minimum absolute atomic E-state index is 0.0279. The summed E-state index contributed by atoms with van der Waals surface area (Å²) in [6.07, 6.45) is 4.55. The van der Waals surface area contributed by atoms with E-state index in [9.17, 15) is 4.79 Å². The molecule has 7 heteroatoms. The second-order valence-corrected chi connectivity index (χ2v) is 3.40. The van der Waals surface area contributed by atoms with E-state index in [0.29, 0.717) is 6.54 Å². The van der Waals surface area contributed by atoms with Crippen LogP contribution in [0.25, 0.3) is 0 Å². The van der Waals surface area contributed by atoms with Gasteiger partial charge in [-0.1, -0.05) is 0 Å². The van der Waals surface area contributed by atoms with Gasteiger partial charge in [0.2, 0.25) is 5.95 Å². The normalized spacial score (nSPS) is 17.1. The first-order chi connectivity index (χ1) is 7.09. The Bertz CT molecular complexity index is 476. The van der Waals surface area contributed by atoms with E-state index in [2.05, 4.69) is 20.0 Å². The quantitative estimate of drug-likeness (QED) is 0.677.